The number of phosphoric acid groups is 1. The number of benzene rings is 2. The van der Waals surface area contributed by atoms with E-state index < -0.39 is 7.82 Å². The Morgan fingerprint density at radius 1 is 0.697 bits per heavy atom. The highest BCUT2D eigenvalue weighted by Crippen LogP contribution is 2.44. The number of hydrogen-bond acceptors (Lipinski definition) is 3. The van der Waals surface area contributed by atoms with Gasteiger partial charge < -0.3 is 9.05 Å². The fourth-order valence-electron chi connectivity index (χ4n) is 4.70. The van der Waals surface area contributed by atoms with E-state index in [-0.39, 0.29) is 0 Å². The maximum Gasteiger partial charge on any atom is 0.584 e. The second-order valence-electron chi connectivity index (χ2n) is 12.1. The molecule has 184 valence electrons. The van der Waals surface area contributed by atoms with E-state index in [0.29, 0.717) is 34.2 Å². The van der Waals surface area contributed by atoms with Crippen LogP contribution in [0.4, 0.5) is 0 Å². The Morgan fingerprint density at radius 3 is 1.27 bits per heavy atom. The fourth-order valence-corrected chi connectivity index (χ4v) is 5.51. The second kappa shape index (κ2) is 11.1. The first-order chi connectivity index (χ1) is 15.1. The fraction of sp³-hybridized carbons (Fsp3) is 0.571. The first-order valence-corrected chi connectivity index (χ1v) is 13.5. The van der Waals surface area contributed by atoms with Gasteiger partial charge in [-0.15, -0.1) is 0 Å². The first kappa shape index (κ1) is 27.5. The normalized spacial score (nSPS) is 16.0. The molecule has 2 unspecified atom stereocenters. The minimum absolute atomic E-state index is 0.298. The Balaban J connectivity index is 1.91. The Morgan fingerprint density at radius 2 is 1.00 bits per heavy atom. The zero-order valence-electron chi connectivity index (χ0n) is 21.7. The molecule has 1 N–H and O–H groups in total. The standard InChI is InChI=1S/C28H43O4P/c1-21(19-27(3,4)5)17-23-9-13-25(14-10-23)31-33(29,30)32-26-15-11-24(12-16-26)18-22(2)20-28(6,7)8/h9-16,21-22H,17-20H2,1-8H3,(H,29,30). The van der Waals surface area contributed by atoms with Gasteiger partial charge in [-0.25, -0.2) is 4.57 Å². The minimum Gasteiger partial charge on any atom is -0.395 e. The van der Waals surface area contributed by atoms with E-state index in [0.717, 1.165) is 25.7 Å². The van der Waals surface area contributed by atoms with Gasteiger partial charge in [-0.2, -0.15) is 0 Å². The Kier molecular flexibility index (Phi) is 9.24. The highest BCUT2D eigenvalue weighted by Gasteiger charge is 2.25. The molecule has 33 heavy (non-hydrogen) atoms. The van der Waals surface area contributed by atoms with Crippen molar-refractivity contribution in [2.75, 3.05) is 0 Å². The van der Waals surface area contributed by atoms with Crippen LogP contribution in [0, 0.1) is 22.7 Å². The summed E-state index contributed by atoms with van der Waals surface area (Å²) >= 11 is 0. The molecule has 0 spiro atoms. The van der Waals surface area contributed by atoms with Crippen LogP contribution in [0.5, 0.6) is 11.5 Å². The van der Waals surface area contributed by atoms with Gasteiger partial charge in [-0.3, -0.25) is 4.89 Å². The molecule has 0 radical (unpaired) electrons. The minimum atomic E-state index is -4.28. The van der Waals surface area contributed by atoms with Gasteiger partial charge in [-0.1, -0.05) is 79.7 Å². The van der Waals surface area contributed by atoms with Crippen LogP contribution in [0.25, 0.3) is 0 Å². The summed E-state index contributed by atoms with van der Waals surface area (Å²) in [4.78, 5) is 10.2. The number of rotatable bonds is 10. The molecule has 0 aromatic heterocycles. The lowest BCUT2D eigenvalue weighted by molar-refractivity contribution is 0.290. The van der Waals surface area contributed by atoms with E-state index in [1.54, 1.807) is 24.3 Å². The van der Waals surface area contributed by atoms with Crippen molar-refractivity contribution in [1.29, 1.82) is 0 Å². The molecule has 0 heterocycles. The molecular formula is C28H43O4P. The van der Waals surface area contributed by atoms with Crippen LogP contribution < -0.4 is 9.05 Å². The van der Waals surface area contributed by atoms with Crippen LogP contribution in [-0.2, 0) is 17.4 Å². The van der Waals surface area contributed by atoms with E-state index in [1.807, 2.05) is 24.3 Å². The van der Waals surface area contributed by atoms with Crippen molar-refractivity contribution in [3.63, 3.8) is 0 Å². The van der Waals surface area contributed by atoms with Crippen molar-refractivity contribution < 1.29 is 18.5 Å². The van der Waals surface area contributed by atoms with Gasteiger partial charge in [0, 0.05) is 0 Å². The van der Waals surface area contributed by atoms with Crippen LogP contribution in [0.15, 0.2) is 48.5 Å². The monoisotopic (exact) mass is 474 g/mol. The van der Waals surface area contributed by atoms with Crippen molar-refractivity contribution in [3.05, 3.63) is 59.7 Å². The maximum atomic E-state index is 12.5. The lowest BCUT2D eigenvalue weighted by atomic mass is 9.83. The van der Waals surface area contributed by atoms with Crippen molar-refractivity contribution in [1.82, 2.24) is 0 Å². The van der Waals surface area contributed by atoms with Crippen LogP contribution in [0.3, 0.4) is 0 Å². The zero-order valence-corrected chi connectivity index (χ0v) is 22.6. The van der Waals surface area contributed by atoms with Gasteiger partial charge in [0.25, 0.3) is 0 Å². The molecule has 0 bridgehead atoms. The van der Waals surface area contributed by atoms with E-state index in [9.17, 15) is 9.46 Å². The summed E-state index contributed by atoms with van der Waals surface area (Å²) in [7, 11) is -4.28. The van der Waals surface area contributed by atoms with Crippen molar-refractivity contribution in [3.8, 4) is 11.5 Å². The van der Waals surface area contributed by atoms with Crippen molar-refractivity contribution in [2.45, 2.75) is 81.1 Å². The maximum absolute atomic E-state index is 12.5. The lowest BCUT2D eigenvalue weighted by Gasteiger charge is -2.23. The SMILES string of the molecule is CC(Cc1ccc(OP(=O)(O)Oc2ccc(CC(C)CC(C)(C)C)cc2)cc1)CC(C)(C)C. The Bertz CT molecular complexity index is 831. The van der Waals surface area contributed by atoms with Crippen molar-refractivity contribution >= 4 is 7.82 Å². The van der Waals surface area contributed by atoms with Gasteiger partial charge in [0.1, 0.15) is 11.5 Å². The highest BCUT2D eigenvalue weighted by molar-refractivity contribution is 7.48. The third-order valence-corrected chi connectivity index (χ3v) is 6.26. The second-order valence-corrected chi connectivity index (χ2v) is 13.4. The summed E-state index contributed by atoms with van der Waals surface area (Å²) < 4.78 is 23.1. The van der Waals surface area contributed by atoms with Crippen LogP contribution in [0.1, 0.15) is 79.4 Å². The largest absolute Gasteiger partial charge is 0.584 e. The van der Waals surface area contributed by atoms with E-state index >= 15 is 0 Å². The molecule has 2 atom stereocenters. The van der Waals surface area contributed by atoms with Gasteiger partial charge in [-0.05, 0) is 83.7 Å². The predicted molar refractivity (Wildman–Crippen MR) is 138 cm³/mol. The summed E-state index contributed by atoms with van der Waals surface area (Å²) in [5.41, 5.74) is 2.96. The predicted octanol–water partition coefficient (Wildman–Crippen LogP) is 8.47. The van der Waals surface area contributed by atoms with Gasteiger partial charge >= 0.3 is 7.82 Å². The molecular weight excluding hydrogens is 431 g/mol. The molecule has 0 aliphatic heterocycles. The van der Waals surface area contributed by atoms with Gasteiger partial charge in [0.15, 0.2) is 0 Å². The van der Waals surface area contributed by atoms with E-state index in [4.69, 9.17) is 9.05 Å². The molecule has 0 aliphatic rings. The average Bonchev–Trinajstić information content (AvgIpc) is 2.61. The number of phosphoric ester groups is 1. The number of hydrogen-bond donors (Lipinski definition) is 1. The molecule has 0 saturated heterocycles. The molecule has 2 aromatic rings. The third kappa shape index (κ3) is 11.3. The average molecular weight is 475 g/mol. The molecule has 2 rings (SSSR count). The van der Waals surface area contributed by atoms with Gasteiger partial charge in [0.2, 0.25) is 0 Å². The van der Waals surface area contributed by atoms with Crippen LogP contribution >= 0.6 is 7.82 Å². The van der Waals surface area contributed by atoms with Crippen LogP contribution in [0.2, 0.25) is 0 Å². The zero-order chi connectivity index (χ0) is 24.9. The Hall–Kier alpha value is -1.77. The summed E-state index contributed by atoms with van der Waals surface area (Å²) in [6, 6.07) is 14.7. The van der Waals surface area contributed by atoms with E-state index in [1.165, 1.54) is 11.1 Å². The molecule has 0 fully saturated rings. The molecule has 2 aromatic carbocycles. The summed E-state index contributed by atoms with van der Waals surface area (Å²) in [5, 5.41) is 0. The summed E-state index contributed by atoms with van der Waals surface area (Å²) in [5.74, 6) is 1.76. The first-order valence-electron chi connectivity index (χ1n) is 12.0. The molecule has 0 saturated carbocycles. The molecule has 5 heteroatoms. The lowest BCUT2D eigenvalue weighted by Crippen LogP contribution is -2.12. The quantitative estimate of drug-likeness (QED) is 0.351. The Labute approximate surface area is 201 Å². The van der Waals surface area contributed by atoms with Crippen molar-refractivity contribution in [2.24, 2.45) is 22.7 Å². The topological polar surface area (TPSA) is 55.8 Å². The van der Waals surface area contributed by atoms with Crippen LogP contribution in [-0.4, -0.2) is 4.89 Å². The molecule has 0 amide bonds. The summed E-state index contributed by atoms with van der Waals surface area (Å²) in [6.07, 6.45) is 4.20. The third-order valence-electron chi connectivity index (χ3n) is 5.38. The molecule has 4 nitrogen and oxygen atoms in total. The van der Waals surface area contributed by atoms with Gasteiger partial charge in [0.05, 0.1) is 0 Å². The highest BCUT2D eigenvalue weighted by atomic mass is 31.2. The molecule has 0 aliphatic carbocycles. The smallest absolute Gasteiger partial charge is 0.395 e. The van der Waals surface area contributed by atoms with E-state index in [2.05, 4.69) is 55.4 Å². The summed E-state index contributed by atoms with van der Waals surface area (Å²) in [6.45, 7) is 18.0.